The van der Waals surface area contributed by atoms with Crippen LogP contribution in [0.3, 0.4) is 0 Å². The van der Waals surface area contributed by atoms with Gasteiger partial charge in [0, 0.05) is 47.1 Å². The van der Waals surface area contributed by atoms with E-state index in [1.807, 2.05) is 31.2 Å². The smallest absolute Gasteiger partial charge is 0.186 e. The average Bonchev–Trinajstić information content (AvgIpc) is 3.13. The van der Waals surface area contributed by atoms with Gasteiger partial charge in [-0.3, -0.25) is 4.79 Å². The zero-order chi connectivity index (χ0) is 18.8. The lowest BCUT2D eigenvalue weighted by Crippen LogP contribution is -2.36. The fourth-order valence-electron chi connectivity index (χ4n) is 3.64. The van der Waals surface area contributed by atoms with Crippen LogP contribution in [-0.4, -0.2) is 43.1 Å². The molecule has 0 saturated carbocycles. The van der Waals surface area contributed by atoms with E-state index in [9.17, 15) is 4.79 Å². The minimum atomic E-state index is -0.308. The van der Waals surface area contributed by atoms with E-state index in [1.54, 1.807) is 6.20 Å². The maximum absolute atomic E-state index is 12.9. The molecule has 0 aliphatic carbocycles. The summed E-state index contributed by atoms with van der Waals surface area (Å²) in [6.07, 6.45) is 1.81. The number of aryl methyl sites for hydroxylation is 1. The Kier molecular flexibility index (Phi) is 4.86. The minimum absolute atomic E-state index is 0.0871. The first-order chi connectivity index (χ1) is 13.1. The molecule has 1 aliphatic rings. The molecule has 1 aromatic heterocycles. The van der Waals surface area contributed by atoms with Crippen LogP contribution in [-0.2, 0) is 4.74 Å². The number of para-hydroxylation sites is 1. The van der Waals surface area contributed by atoms with Crippen LogP contribution in [0.2, 0.25) is 0 Å². The Hall–Kier alpha value is -2.79. The molecule has 140 valence electrons. The number of aromatic amines is 1. The number of benzene rings is 2. The number of fused-ring (bicyclic) bond motifs is 1. The van der Waals surface area contributed by atoms with Crippen molar-refractivity contribution >= 4 is 28.1 Å². The molecule has 5 heteroatoms. The Bertz CT molecular complexity index is 957. The van der Waals surface area contributed by atoms with Gasteiger partial charge in [-0.1, -0.05) is 18.2 Å². The number of morpholine rings is 1. The highest BCUT2D eigenvalue weighted by atomic mass is 16.5. The Balaban J connectivity index is 1.50. The van der Waals surface area contributed by atoms with E-state index in [1.165, 1.54) is 5.69 Å². The predicted octanol–water partition coefficient (Wildman–Crippen LogP) is 4.00. The van der Waals surface area contributed by atoms with Crippen LogP contribution in [0.1, 0.15) is 22.8 Å². The van der Waals surface area contributed by atoms with Crippen molar-refractivity contribution in [3.8, 4) is 0 Å². The van der Waals surface area contributed by atoms with Gasteiger partial charge in [0.15, 0.2) is 5.78 Å². The summed E-state index contributed by atoms with van der Waals surface area (Å²) in [6, 6.07) is 13.9. The molecule has 1 saturated heterocycles. The largest absolute Gasteiger partial charge is 0.378 e. The van der Waals surface area contributed by atoms with Gasteiger partial charge in [-0.25, -0.2) is 0 Å². The fourth-order valence-corrected chi connectivity index (χ4v) is 3.64. The van der Waals surface area contributed by atoms with Crippen LogP contribution >= 0.6 is 0 Å². The van der Waals surface area contributed by atoms with E-state index in [0.717, 1.165) is 54.0 Å². The summed E-state index contributed by atoms with van der Waals surface area (Å²) in [5.41, 5.74) is 5.05. The van der Waals surface area contributed by atoms with E-state index in [0.29, 0.717) is 0 Å². The molecule has 1 atom stereocenters. The highest BCUT2D eigenvalue weighted by molar-refractivity contribution is 6.11. The number of H-pyrrole nitrogens is 1. The van der Waals surface area contributed by atoms with Crippen LogP contribution in [0.5, 0.6) is 0 Å². The molecule has 5 nitrogen and oxygen atoms in total. The lowest BCUT2D eigenvalue weighted by molar-refractivity contribution is 0.0977. The van der Waals surface area contributed by atoms with Crippen molar-refractivity contribution in [3.63, 3.8) is 0 Å². The Labute approximate surface area is 159 Å². The number of ketones is 1. The zero-order valence-corrected chi connectivity index (χ0v) is 15.8. The van der Waals surface area contributed by atoms with Crippen LogP contribution in [0.25, 0.3) is 10.9 Å². The van der Waals surface area contributed by atoms with Crippen molar-refractivity contribution < 1.29 is 9.53 Å². The molecular formula is C22H25N3O2. The summed E-state index contributed by atoms with van der Waals surface area (Å²) in [5, 5.41) is 4.35. The van der Waals surface area contributed by atoms with Crippen LogP contribution in [0.15, 0.2) is 48.7 Å². The molecule has 1 unspecified atom stereocenters. The van der Waals surface area contributed by atoms with E-state index in [2.05, 4.69) is 40.3 Å². The third-order valence-corrected chi connectivity index (χ3v) is 5.21. The SMILES string of the molecule is Cc1cc(N2CCOCC2)ccc1NC(C)C(=O)c1c[nH]c2ccccc12. The molecule has 0 amide bonds. The van der Waals surface area contributed by atoms with Gasteiger partial charge in [0.2, 0.25) is 0 Å². The van der Waals surface area contributed by atoms with E-state index >= 15 is 0 Å². The number of carbonyl (C=O) groups is 1. The van der Waals surface area contributed by atoms with Crippen LogP contribution in [0.4, 0.5) is 11.4 Å². The quantitative estimate of drug-likeness (QED) is 0.673. The van der Waals surface area contributed by atoms with E-state index in [4.69, 9.17) is 4.74 Å². The summed E-state index contributed by atoms with van der Waals surface area (Å²) in [5.74, 6) is 0.0871. The summed E-state index contributed by atoms with van der Waals surface area (Å²) in [7, 11) is 0. The molecule has 2 heterocycles. The van der Waals surface area contributed by atoms with Crippen molar-refractivity contribution in [1.82, 2.24) is 4.98 Å². The Morgan fingerprint density at radius 1 is 1.19 bits per heavy atom. The van der Waals surface area contributed by atoms with Crippen molar-refractivity contribution in [2.75, 3.05) is 36.5 Å². The molecule has 0 spiro atoms. The number of hydrogen-bond donors (Lipinski definition) is 2. The number of nitrogens with one attached hydrogen (secondary N) is 2. The first kappa shape index (κ1) is 17.6. The molecule has 3 aromatic rings. The van der Waals surface area contributed by atoms with Gasteiger partial charge in [0.25, 0.3) is 0 Å². The Morgan fingerprint density at radius 2 is 1.96 bits per heavy atom. The zero-order valence-electron chi connectivity index (χ0n) is 15.8. The van der Waals surface area contributed by atoms with Crippen molar-refractivity contribution in [2.45, 2.75) is 19.9 Å². The number of hydrogen-bond acceptors (Lipinski definition) is 4. The molecule has 4 rings (SSSR count). The lowest BCUT2D eigenvalue weighted by atomic mass is 10.0. The second-order valence-corrected chi connectivity index (χ2v) is 7.08. The number of carbonyl (C=O) groups excluding carboxylic acids is 1. The van der Waals surface area contributed by atoms with E-state index < -0.39 is 0 Å². The van der Waals surface area contributed by atoms with Crippen molar-refractivity contribution in [1.29, 1.82) is 0 Å². The standard InChI is InChI=1S/C22H25N3O2/c1-15-13-17(25-9-11-27-12-10-25)7-8-20(15)24-16(2)22(26)19-14-23-21-6-4-3-5-18(19)21/h3-8,13-14,16,23-24H,9-12H2,1-2H3. The average molecular weight is 363 g/mol. The predicted molar refractivity (Wildman–Crippen MR) is 110 cm³/mol. The lowest BCUT2D eigenvalue weighted by Gasteiger charge is -2.29. The highest BCUT2D eigenvalue weighted by Crippen LogP contribution is 2.25. The second-order valence-electron chi connectivity index (χ2n) is 7.08. The molecular weight excluding hydrogens is 338 g/mol. The van der Waals surface area contributed by atoms with Crippen LogP contribution < -0.4 is 10.2 Å². The minimum Gasteiger partial charge on any atom is -0.378 e. The first-order valence-corrected chi connectivity index (χ1v) is 9.43. The molecule has 0 bridgehead atoms. The van der Waals surface area contributed by atoms with E-state index in [-0.39, 0.29) is 11.8 Å². The maximum atomic E-state index is 12.9. The molecule has 1 fully saturated rings. The third-order valence-electron chi connectivity index (χ3n) is 5.21. The number of anilines is 2. The number of nitrogens with zero attached hydrogens (tertiary/aromatic N) is 1. The summed E-state index contributed by atoms with van der Waals surface area (Å²) in [4.78, 5) is 18.5. The Morgan fingerprint density at radius 3 is 2.74 bits per heavy atom. The molecule has 0 radical (unpaired) electrons. The number of Topliss-reactive ketones (excluding diaryl/α,β-unsaturated/α-hetero) is 1. The molecule has 27 heavy (non-hydrogen) atoms. The van der Waals surface area contributed by atoms with Gasteiger partial charge in [0.05, 0.1) is 19.3 Å². The van der Waals surface area contributed by atoms with Gasteiger partial charge in [-0.15, -0.1) is 0 Å². The normalized spacial score (nSPS) is 15.7. The topological polar surface area (TPSA) is 57.4 Å². The number of ether oxygens (including phenoxy) is 1. The van der Waals surface area contributed by atoms with Crippen LogP contribution in [0, 0.1) is 6.92 Å². The highest BCUT2D eigenvalue weighted by Gasteiger charge is 2.19. The van der Waals surface area contributed by atoms with Gasteiger partial charge < -0.3 is 19.9 Å². The van der Waals surface area contributed by atoms with Gasteiger partial charge in [0.1, 0.15) is 0 Å². The maximum Gasteiger partial charge on any atom is 0.186 e. The molecule has 2 N–H and O–H groups in total. The van der Waals surface area contributed by atoms with Gasteiger partial charge in [-0.2, -0.15) is 0 Å². The first-order valence-electron chi connectivity index (χ1n) is 9.43. The van der Waals surface area contributed by atoms with Crippen molar-refractivity contribution in [2.24, 2.45) is 0 Å². The monoisotopic (exact) mass is 363 g/mol. The summed E-state index contributed by atoms with van der Waals surface area (Å²) >= 11 is 0. The molecule has 1 aliphatic heterocycles. The second kappa shape index (κ2) is 7.45. The fraction of sp³-hybridized carbons (Fsp3) is 0.318. The number of rotatable bonds is 5. The summed E-state index contributed by atoms with van der Waals surface area (Å²) < 4.78 is 5.43. The molecule has 2 aromatic carbocycles. The summed E-state index contributed by atoms with van der Waals surface area (Å²) in [6.45, 7) is 7.38. The van der Waals surface area contributed by atoms with Crippen molar-refractivity contribution in [3.05, 3.63) is 59.8 Å². The third kappa shape index (κ3) is 3.55. The number of aromatic nitrogens is 1. The van der Waals surface area contributed by atoms with Gasteiger partial charge >= 0.3 is 0 Å². The van der Waals surface area contributed by atoms with Gasteiger partial charge in [-0.05, 0) is 43.7 Å².